The van der Waals surface area contributed by atoms with Gasteiger partial charge in [0.15, 0.2) is 0 Å². The van der Waals surface area contributed by atoms with Gasteiger partial charge < -0.3 is 21.3 Å². The van der Waals surface area contributed by atoms with Crippen LogP contribution in [-0.2, 0) is 9.59 Å². The van der Waals surface area contributed by atoms with Crippen molar-refractivity contribution < 1.29 is 9.59 Å². The van der Waals surface area contributed by atoms with Gasteiger partial charge in [-0.3, -0.25) is 14.5 Å². The van der Waals surface area contributed by atoms with Gasteiger partial charge in [0, 0.05) is 32.2 Å². The van der Waals surface area contributed by atoms with E-state index in [2.05, 4.69) is 34.5 Å². The normalized spacial score (nSPS) is 21.6. The molecular formula is C11H23N5O2. The van der Waals surface area contributed by atoms with E-state index < -0.39 is 0 Å². The van der Waals surface area contributed by atoms with Crippen LogP contribution in [0.2, 0.25) is 0 Å². The number of nitrogens with zero attached hydrogens (tertiary/aromatic N) is 2. The fraction of sp³-hybridized carbons (Fsp3) is 0.818. The summed E-state index contributed by atoms with van der Waals surface area (Å²) in [6, 6.07) is 0.318. The predicted octanol–water partition coefficient (Wildman–Crippen LogP) is -2.58. The van der Waals surface area contributed by atoms with Crippen LogP contribution in [0, 0.1) is 0 Å². The van der Waals surface area contributed by atoms with E-state index in [1.165, 1.54) is 0 Å². The predicted molar refractivity (Wildman–Crippen MR) is 69.0 cm³/mol. The molecule has 1 unspecified atom stereocenters. The molecule has 0 aromatic rings. The lowest BCUT2D eigenvalue weighted by molar-refractivity contribution is -0.125. The van der Waals surface area contributed by atoms with E-state index in [4.69, 9.17) is 5.73 Å². The SMILES string of the molecule is CN1CCN(C)C(CNC(=O)CNC(=O)CN)C1. The molecule has 0 radical (unpaired) electrons. The minimum absolute atomic E-state index is 0.0116. The molecule has 0 aliphatic carbocycles. The Morgan fingerprint density at radius 3 is 2.61 bits per heavy atom. The summed E-state index contributed by atoms with van der Waals surface area (Å²) < 4.78 is 0. The first-order valence-corrected chi connectivity index (χ1v) is 6.15. The maximum Gasteiger partial charge on any atom is 0.239 e. The summed E-state index contributed by atoms with van der Waals surface area (Å²) >= 11 is 0. The maximum atomic E-state index is 11.5. The highest BCUT2D eigenvalue weighted by atomic mass is 16.2. The molecule has 2 amide bonds. The summed E-state index contributed by atoms with van der Waals surface area (Å²) in [5.74, 6) is -0.502. The minimum atomic E-state index is -0.320. The third kappa shape index (κ3) is 4.99. The van der Waals surface area contributed by atoms with Gasteiger partial charge in [0.1, 0.15) is 0 Å². The Morgan fingerprint density at radius 2 is 1.94 bits per heavy atom. The lowest BCUT2D eigenvalue weighted by Gasteiger charge is -2.37. The van der Waals surface area contributed by atoms with Crippen LogP contribution in [0.5, 0.6) is 0 Å². The molecule has 1 saturated heterocycles. The van der Waals surface area contributed by atoms with Crippen molar-refractivity contribution in [2.45, 2.75) is 6.04 Å². The number of amides is 2. The first-order valence-electron chi connectivity index (χ1n) is 6.15. The quantitative estimate of drug-likeness (QED) is 0.503. The Bertz CT molecular complexity index is 297. The van der Waals surface area contributed by atoms with Crippen LogP contribution >= 0.6 is 0 Å². The second-order valence-electron chi connectivity index (χ2n) is 4.68. The Labute approximate surface area is 108 Å². The molecule has 1 fully saturated rings. The third-order valence-corrected chi connectivity index (χ3v) is 3.15. The van der Waals surface area contributed by atoms with Crippen LogP contribution in [0.3, 0.4) is 0 Å². The summed E-state index contributed by atoms with van der Waals surface area (Å²) in [6.45, 7) is 3.48. The molecule has 104 valence electrons. The molecular weight excluding hydrogens is 234 g/mol. The lowest BCUT2D eigenvalue weighted by Crippen LogP contribution is -2.55. The summed E-state index contributed by atoms with van der Waals surface area (Å²) in [4.78, 5) is 26.9. The van der Waals surface area contributed by atoms with Gasteiger partial charge in [-0.15, -0.1) is 0 Å². The van der Waals surface area contributed by atoms with E-state index >= 15 is 0 Å². The van der Waals surface area contributed by atoms with Crippen LogP contribution in [0.4, 0.5) is 0 Å². The van der Waals surface area contributed by atoms with Crippen LogP contribution in [0.1, 0.15) is 0 Å². The van der Waals surface area contributed by atoms with Gasteiger partial charge in [-0.05, 0) is 14.1 Å². The highest BCUT2D eigenvalue weighted by Crippen LogP contribution is 2.04. The van der Waals surface area contributed by atoms with E-state index in [1.54, 1.807) is 0 Å². The molecule has 1 heterocycles. The molecule has 1 atom stereocenters. The number of nitrogens with one attached hydrogen (secondary N) is 2. The molecule has 0 spiro atoms. The molecule has 4 N–H and O–H groups in total. The number of carbonyl (C=O) groups is 2. The Balaban J connectivity index is 2.22. The monoisotopic (exact) mass is 257 g/mol. The molecule has 0 aromatic heterocycles. The maximum absolute atomic E-state index is 11.5. The molecule has 1 rings (SSSR count). The van der Waals surface area contributed by atoms with Gasteiger partial charge in [-0.2, -0.15) is 0 Å². The van der Waals surface area contributed by atoms with E-state index in [0.29, 0.717) is 12.6 Å². The Morgan fingerprint density at radius 1 is 1.22 bits per heavy atom. The zero-order valence-electron chi connectivity index (χ0n) is 11.1. The van der Waals surface area contributed by atoms with E-state index in [0.717, 1.165) is 19.6 Å². The minimum Gasteiger partial charge on any atom is -0.353 e. The first kappa shape index (κ1) is 14.9. The highest BCUT2D eigenvalue weighted by molar-refractivity contribution is 5.85. The van der Waals surface area contributed by atoms with Crippen molar-refractivity contribution in [3.05, 3.63) is 0 Å². The molecule has 0 saturated carbocycles. The molecule has 1 aliphatic heterocycles. The number of likely N-dealkylation sites (N-methyl/N-ethyl adjacent to an activating group) is 2. The van der Waals surface area contributed by atoms with Crippen molar-refractivity contribution >= 4 is 11.8 Å². The van der Waals surface area contributed by atoms with Gasteiger partial charge in [0.25, 0.3) is 0 Å². The number of nitrogens with two attached hydrogens (primary N) is 1. The zero-order chi connectivity index (χ0) is 13.5. The molecule has 7 nitrogen and oxygen atoms in total. The molecule has 0 bridgehead atoms. The smallest absolute Gasteiger partial charge is 0.239 e. The molecule has 7 heteroatoms. The number of piperazine rings is 1. The molecule has 18 heavy (non-hydrogen) atoms. The summed E-state index contributed by atoms with van der Waals surface area (Å²) in [7, 11) is 4.13. The van der Waals surface area contributed by atoms with Crippen molar-refractivity contribution in [2.75, 3.05) is 53.4 Å². The van der Waals surface area contributed by atoms with Gasteiger partial charge in [-0.1, -0.05) is 0 Å². The van der Waals surface area contributed by atoms with Crippen LogP contribution in [0.15, 0.2) is 0 Å². The Hall–Kier alpha value is -1.18. The van der Waals surface area contributed by atoms with Gasteiger partial charge >= 0.3 is 0 Å². The highest BCUT2D eigenvalue weighted by Gasteiger charge is 2.22. The number of hydrogen-bond donors (Lipinski definition) is 3. The van der Waals surface area contributed by atoms with Crippen LogP contribution in [-0.4, -0.2) is 81.0 Å². The van der Waals surface area contributed by atoms with E-state index in [-0.39, 0.29) is 24.9 Å². The number of carbonyl (C=O) groups excluding carboxylic acids is 2. The largest absolute Gasteiger partial charge is 0.353 e. The Kier molecular flexibility index (Phi) is 6.03. The first-order chi connectivity index (χ1) is 8.52. The van der Waals surface area contributed by atoms with Crippen molar-refractivity contribution in [1.82, 2.24) is 20.4 Å². The van der Waals surface area contributed by atoms with E-state index in [9.17, 15) is 9.59 Å². The van der Waals surface area contributed by atoms with Crippen LogP contribution in [0.25, 0.3) is 0 Å². The second-order valence-corrected chi connectivity index (χ2v) is 4.68. The standard InChI is InChI=1S/C11H23N5O2/c1-15-3-4-16(2)9(8-15)6-13-11(18)7-14-10(17)5-12/h9H,3-8,12H2,1-2H3,(H,13,18)(H,14,17). The fourth-order valence-electron chi connectivity index (χ4n) is 1.87. The summed E-state index contributed by atoms with van der Waals surface area (Å²) in [5.41, 5.74) is 5.13. The van der Waals surface area contributed by atoms with Crippen LogP contribution < -0.4 is 16.4 Å². The summed E-state index contributed by atoms with van der Waals surface area (Å²) in [5, 5.41) is 5.26. The molecule has 1 aliphatic rings. The van der Waals surface area contributed by atoms with E-state index in [1.807, 2.05) is 0 Å². The average molecular weight is 257 g/mol. The zero-order valence-corrected chi connectivity index (χ0v) is 11.1. The van der Waals surface area contributed by atoms with Gasteiger partial charge in [-0.25, -0.2) is 0 Å². The van der Waals surface area contributed by atoms with Crippen molar-refractivity contribution in [1.29, 1.82) is 0 Å². The topological polar surface area (TPSA) is 90.7 Å². The summed E-state index contributed by atoms with van der Waals surface area (Å²) in [6.07, 6.45) is 0. The fourth-order valence-corrected chi connectivity index (χ4v) is 1.87. The third-order valence-electron chi connectivity index (χ3n) is 3.15. The average Bonchev–Trinajstić information content (AvgIpc) is 2.36. The lowest BCUT2D eigenvalue weighted by atomic mass is 10.2. The number of hydrogen-bond acceptors (Lipinski definition) is 5. The molecule has 0 aromatic carbocycles. The van der Waals surface area contributed by atoms with Gasteiger partial charge in [0.05, 0.1) is 13.1 Å². The van der Waals surface area contributed by atoms with Crippen molar-refractivity contribution in [3.8, 4) is 0 Å². The van der Waals surface area contributed by atoms with Crippen molar-refractivity contribution in [3.63, 3.8) is 0 Å². The van der Waals surface area contributed by atoms with Gasteiger partial charge in [0.2, 0.25) is 11.8 Å². The number of rotatable bonds is 5. The second kappa shape index (κ2) is 7.30. The van der Waals surface area contributed by atoms with Crippen molar-refractivity contribution in [2.24, 2.45) is 5.73 Å².